The Morgan fingerprint density at radius 3 is 2.36 bits per heavy atom. The highest BCUT2D eigenvalue weighted by molar-refractivity contribution is 5.62. The number of H-pyrrole nitrogens is 1. The lowest BCUT2D eigenvalue weighted by Crippen LogP contribution is -2.03. The summed E-state index contributed by atoms with van der Waals surface area (Å²) in [5.74, 6) is 0. The maximum Gasteiger partial charge on any atom is 0.361 e. The molecule has 0 radical (unpaired) electrons. The van der Waals surface area contributed by atoms with Gasteiger partial charge in [-0.05, 0) is 5.56 Å². The summed E-state index contributed by atoms with van der Waals surface area (Å²) < 4.78 is 4.90. The molecule has 6 nitrogen and oxygen atoms in total. The first kappa shape index (κ1) is 13.8. The van der Waals surface area contributed by atoms with Crippen molar-refractivity contribution in [3.63, 3.8) is 0 Å². The summed E-state index contributed by atoms with van der Waals surface area (Å²) in [5, 5.41) is 13.3. The molecule has 0 bridgehead atoms. The Kier molecular flexibility index (Phi) is 3.57. The standard InChI is InChI=1S/C16H12N2O4/c19-16-14(10-11-6-8-13(9-7-11)18(20)21)15(17-22-16)12-4-2-1-3-5-12/h1-9,17H,10H2. The van der Waals surface area contributed by atoms with Crippen LogP contribution in [-0.2, 0) is 6.42 Å². The van der Waals surface area contributed by atoms with Crippen molar-refractivity contribution < 1.29 is 9.45 Å². The van der Waals surface area contributed by atoms with Gasteiger partial charge in [0.05, 0.1) is 16.2 Å². The number of hydrogen-bond donors (Lipinski definition) is 1. The quantitative estimate of drug-likeness (QED) is 0.591. The second-order valence-corrected chi connectivity index (χ2v) is 4.81. The van der Waals surface area contributed by atoms with E-state index in [-0.39, 0.29) is 5.69 Å². The molecule has 0 atom stereocenters. The maximum absolute atomic E-state index is 11.9. The van der Waals surface area contributed by atoms with Crippen LogP contribution in [-0.4, -0.2) is 10.1 Å². The van der Waals surface area contributed by atoms with E-state index in [1.54, 1.807) is 12.1 Å². The molecule has 0 saturated carbocycles. The number of hydrogen-bond acceptors (Lipinski definition) is 4. The Balaban J connectivity index is 1.94. The van der Waals surface area contributed by atoms with E-state index in [9.17, 15) is 14.9 Å². The second kappa shape index (κ2) is 5.69. The molecule has 1 heterocycles. The number of non-ortho nitro benzene ring substituents is 1. The van der Waals surface area contributed by atoms with E-state index in [1.165, 1.54) is 12.1 Å². The molecular formula is C16H12N2O4. The zero-order valence-electron chi connectivity index (χ0n) is 11.5. The summed E-state index contributed by atoms with van der Waals surface area (Å²) in [7, 11) is 0. The van der Waals surface area contributed by atoms with Crippen molar-refractivity contribution in [1.82, 2.24) is 5.16 Å². The molecule has 110 valence electrons. The zero-order valence-corrected chi connectivity index (χ0v) is 11.5. The molecule has 0 aliphatic rings. The van der Waals surface area contributed by atoms with Crippen LogP contribution in [0.15, 0.2) is 63.9 Å². The highest BCUT2D eigenvalue weighted by Crippen LogP contribution is 2.22. The lowest BCUT2D eigenvalue weighted by molar-refractivity contribution is -0.384. The molecule has 0 spiro atoms. The fraction of sp³-hybridized carbons (Fsp3) is 0.0625. The maximum atomic E-state index is 11.9. The molecule has 0 aliphatic heterocycles. The van der Waals surface area contributed by atoms with Crippen molar-refractivity contribution in [3.8, 4) is 11.3 Å². The Morgan fingerprint density at radius 2 is 1.73 bits per heavy atom. The van der Waals surface area contributed by atoms with Gasteiger partial charge in [0.2, 0.25) is 0 Å². The number of nitro groups is 1. The molecule has 3 rings (SSSR count). The Labute approximate surface area is 125 Å². The Morgan fingerprint density at radius 1 is 1.05 bits per heavy atom. The van der Waals surface area contributed by atoms with Gasteiger partial charge in [0.15, 0.2) is 0 Å². The summed E-state index contributed by atoms with van der Waals surface area (Å²) in [6.07, 6.45) is 0.341. The fourth-order valence-electron chi connectivity index (χ4n) is 2.26. The van der Waals surface area contributed by atoms with Crippen LogP contribution < -0.4 is 5.63 Å². The van der Waals surface area contributed by atoms with Crippen molar-refractivity contribution in [2.75, 3.05) is 0 Å². The predicted molar refractivity (Wildman–Crippen MR) is 80.7 cm³/mol. The topological polar surface area (TPSA) is 89.1 Å². The Bertz CT molecular complexity index is 848. The summed E-state index contributed by atoms with van der Waals surface area (Å²) in [5.41, 5.74) is 2.37. The van der Waals surface area contributed by atoms with E-state index in [1.807, 2.05) is 30.3 Å². The lowest BCUT2D eigenvalue weighted by atomic mass is 10.0. The van der Waals surface area contributed by atoms with Crippen LogP contribution in [0, 0.1) is 10.1 Å². The first-order chi connectivity index (χ1) is 10.6. The van der Waals surface area contributed by atoms with Gasteiger partial charge < -0.3 is 4.52 Å². The van der Waals surface area contributed by atoms with Crippen LogP contribution >= 0.6 is 0 Å². The first-order valence-electron chi connectivity index (χ1n) is 6.64. The van der Waals surface area contributed by atoms with Gasteiger partial charge in [-0.2, -0.15) is 0 Å². The number of aromatic nitrogens is 1. The van der Waals surface area contributed by atoms with E-state index >= 15 is 0 Å². The molecular weight excluding hydrogens is 284 g/mol. The van der Waals surface area contributed by atoms with Gasteiger partial charge in [0.25, 0.3) is 5.69 Å². The third kappa shape index (κ3) is 2.67. The van der Waals surface area contributed by atoms with Crippen molar-refractivity contribution in [2.24, 2.45) is 0 Å². The largest absolute Gasteiger partial charge is 0.361 e. The molecule has 6 heteroatoms. The third-order valence-corrected chi connectivity index (χ3v) is 3.38. The number of benzene rings is 2. The van der Waals surface area contributed by atoms with Crippen molar-refractivity contribution in [3.05, 3.63) is 86.3 Å². The minimum Gasteiger partial charge on any atom is -0.338 e. The van der Waals surface area contributed by atoms with E-state index in [4.69, 9.17) is 4.52 Å². The van der Waals surface area contributed by atoms with E-state index in [0.29, 0.717) is 17.7 Å². The predicted octanol–water partition coefficient (Wildman–Crippen LogP) is 3.13. The SMILES string of the molecule is O=c1o[nH]c(-c2ccccc2)c1Cc1ccc([N+](=O)[O-])cc1. The van der Waals surface area contributed by atoms with Gasteiger partial charge in [-0.3, -0.25) is 10.1 Å². The van der Waals surface area contributed by atoms with Gasteiger partial charge in [-0.1, -0.05) is 42.5 Å². The van der Waals surface area contributed by atoms with E-state index < -0.39 is 10.5 Å². The number of nitrogens with zero attached hydrogens (tertiary/aromatic N) is 1. The van der Waals surface area contributed by atoms with Crippen LogP contribution in [0.4, 0.5) is 5.69 Å². The minimum absolute atomic E-state index is 0.0214. The van der Waals surface area contributed by atoms with Crippen molar-refractivity contribution in [1.29, 1.82) is 0 Å². The molecule has 1 N–H and O–H groups in total. The van der Waals surface area contributed by atoms with Gasteiger partial charge in [0, 0.05) is 24.1 Å². The van der Waals surface area contributed by atoms with Crippen LogP contribution in [0.3, 0.4) is 0 Å². The molecule has 0 fully saturated rings. The van der Waals surface area contributed by atoms with E-state index in [0.717, 1.165) is 11.1 Å². The van der Waals surface area contributed by atoms with Crippen LogP contribution in [0.5, 0.6) is 0 Å². The summed E-state index contributed by atoms with van der Waals surface area (Å²) >= 11 is 0. The normalized spacial score (nSPS) is 10.5. The highest BCUT2D eigenvalue weighted by atomic mass is 16.6. The van der Waals surface area contributed by atoms with Crippen LogP contribution in [0.25, 0.3) is 11.3 Å². The molecule has 2 aromatic carbocycles. The lowest BCUT2D eigenvalue weighted by Gasteiger charge is -2.02. The smallest absolute Gasteiger partial charge is 0.338 e. The van der Waals surface area contributed by atoms with Gasteiger partial charge in [-0.15, -0.1) is 0 Å². The number of nitro benzene ring substituents is 1. The first-order valence-corrected chi connectivity index (χ1v) is 6.64. The second-order valence-electron chi connectivity index (χ2n) is 4.81. The van der Waals surface area contributed by atoms with Gasteiger partial charge >= 0.3 is 5.63 Å². The highest BCUT2D eigenvalue weighted by Gasteiger charge is 2.15. The van der Waals surface area contributed by atoms with Crippen LogP contribution in [0.2, 0.25) is 0 Å². The van der Waals surface area contributed by atoms with Gasteiger partial charge in [0.1, 0.15) is 0 Å². The average Bonchev–Trinajstić information content (AvgIpc) is 2.90. The van der Waals surface area contributed by atoms with Crippen molar-refractivity contribution in [2.45, 2.75) is 6.42 Å². The zero-order chi connectivity index (χ0) is 15.5. The molecule has 1 aromatic heterocycles. The number of aromatic amines is 1. The number of rotatable bonds is 4. The number of nitrogens with one attached hydrogen (secondary N) is 1. The van der Waals surface area contributed by atoms with Gasteiger partial charge in [-0.25, -0.2) is 9.95 Å². The molecule has 0 saturated heterocycles. The molecule has 3 aromatic rings. The third-order valence-electron chi connectivity index (χ3n) is 3.38. The molecule has 22 heavy (non-hydrogen) atoms. The molecule has 0 amide bonds. The monoisotopic (exact) mass is 296 g/mol. The summed E-state index contributed by atoms with van der Waals surface area (Å²) in [4.78, 5) is 22.1. The fourth-order valence-corrected chi connectivity index (χ4v) is 2.26. The molecule has 0 aliphatic carbocycles. The summed E-state index contributed by atoms with van der Waals surface area (Å²) in [6.45, 7) is 0. The van der Waals surface area contributed by atoms with Crippen molar-refractivity contribution >= 4 is 5.69 Å². The average molecular weight is 296 g/mol. The summed E-state index contributed by atoms with van der Waals surface area (Å²) in [6, 6.07) is 15.5. The minimum atomic E-state index is -0.455. The Hall–Kier alpha value is -3.15. The van der Waals surface area contributed by atoms with E-state index in [2.05, 4.69) is 5.16 Å². The molecule has 0 unspecified atom stereocenters. The van der Waals surface area contributed by atoms with Crippen LogP contribution in [0.1, 0.15) is 11.1 Å².